The molecular weight excluding hydrogens is 354 g/mol. The molecule has 4 rings (SSSR count). The second kappa shape index (κ2) is 7.22. The molecule has 146 valence electrons. The van der Waals surface area contributed by atoms with Gasteiger partial charge in [0.15, 0.2) is 0 Å². The molecule has 1 aliphatic heterocycles. The van der Waals surface area contributed by atoms with Gasteiger partial charge >= 0.3 is 0 Å². The van der Waals surface area contributed by atoms with Crippen molar-refractivity contribution in [3.63, 3.8) is 0 Å². The quantitative estimate of drug-likeness (QED) is 0.758. The van der Waals surface area contributed by atoms with E-state index in [2.05, 4.69) is 23.1 Å². The molecule has 1 saturated heterocycles. The number of H-pyrrole nitrogens is 1. The predicted molar refractivity (Wildman–Crippen MR) is 107 cm³/mol. The van der Waals surface area contributed by atoms with Crippen LogP contribution in [0.2, 0.25) is 0 Å². The highest BCUT2D eigenvalue weighted by molar-refractivity contribution is 5.79. The fraction of sp³-hybridized carbons (Fsp3) is 0.429. The maximum absolute atomic E-state index is 12.8. The molecule has 7 heteroatoms. The number of aromatic nitrogens is 4. The van der Waals surface area contributed by atoms with E-state index in [1.807, 2.05) is 30.9 Å². The fourth-order valence-corrected chi connectivity index (χ4v) is 3.83. The van der Waals surface area contributed by atoms with Crippen LogP contribution in [0, 0.1) is 20.8 Å². The summed E-state index contributed by atoms with van der Waals surface area (Å²) >= 11 is 0. The summed E-state index contributed by atoms with van der Waals surface area (Å²) in [5.41, 5.74) is 4.53. The van der Waals surface area contributed by atoms with Gasteiger partial charge in [-0.25, -0.2) is 9.67 Å². The van der Waals surface area contributed by atoms with E-state index in [1.165, 1.54) is 10.7 Å². The summed E-state index contributed by atoms with van der Waals surface area (Å²) in [6.07, 6.45) is 1.91. The van der Waals surface area contributed by atoms with E-state index < -0.39 is 0 Å². The summed E-state index contributed by atoms with van der Waals surface area (Å²) < 4.78 is 1.26. The average Bonchev–Trinajstić information content (AvgIpc) is 3.12. The van der Waals surface area contributed by atoms with Gasteiger partial charge in [-0.3, -0.25) is 9.59 Å². The second-order valence-corrected chi connectivity index (χ2v) is 7.68. The van der Waals surface area contributed by atoms with E-state index >= 15 is 0 Å². The number of fused-ring (bicyclic) bond motifs is 1. The number of hydrogen-bond acceptors (Lipinski definition) is 4. The molecule has 1 fully saturated rings. The number of piperidine rings is 1. The molecule has 7 nitrogen and oxygen atoms in total. The van der Waals surface area contributed by atoms with E-state index in [0.717, 1.165) is 46.5 Å². The molecule has 3 aromatic rings. The van der Waals surface area contributed by atoms with Gasteiger partial charge in [-0.1, -0.05) is 12.1 Å². The summed E-state index contributed by atoms with van der Waals surface area (Å²) in [5, 5.41) is 4.26. The second-order valence-electron chi connectivity index (χ2n) is 7.68. The first kappa shape index (κ1) is 18.4. The lowest BCUT2D eigenvalue weighted by atomic mass is 9.97. The molecule has 1 atom stereocenters. The molecule has 0 bridgehead atoms. The molecule has 0 spiro atoms. The van der Waals surface area contributed by atoms with Crippen LogP contribution in [-0.2, 0) is 11.3 Å². The summed E-state index contributed by atoms with van der Waals surface area (Å²) in [5.74, 6) is 1.03. The van der Waals surface area contributed by atoms with Gasteiger partial charge in [0, 0.05) is 25.1 Å². The van der Waals surface area contributed by atoms with E-state index in [-0.39, 0.29) is 23.9 Å². The van der Waals surface area contributed by atoms with Gasteiger partial charge < -0.3 is 9.88 Å². The number of nitrogens with zero attached hydrogens (tertiary/aromatic N) is 4. The maximum atomic E-state index is 12.8. The van der Waals surface area contributed by atoms with Crippen LogP contribution in [-0.4, -0.2) is 43.6 Å². The van der Waals surface area contributed by atoms with Crippen LogP contribution in [0.1, 0.15) is 41.4 Å². The van der Waals surface area contributed by atoms with Crippen LogP contribution < -0.4 is 5.56 Å². The van der Waals surface area contributed by atoms with Gasteiger partial charge in [0.05, 0.1) is 16.7 Å². The summed E-state index contributed by atoms with van der Waals surface area (Å²) in [7, 11) is 0. The van der Waals surface area contributed by atoms with Crippen molar-refractivity contribution in [3.05, 3.63) is 57.3 Å². The minimum Gasteiger partial charge on any atom is -0.342 e. The highest BCUT2D eigenvalue weighted by Gasteiger charge is 2.27. The standard InChI is InChI=1S/C21H25N5O2/c1-13-6-4-8-17-20(13)23-21(22-17)16-7-5-9-25(11-16)19(28)12-26-18(27)10-14(2)15(3)24-26/h4,6,8,10,16H,5,7,9,11-12H2,1-3H3,(H,22,23)/t16-/m0/s1. The average molecular weight is 379 g/mol. The largest absolute Gasteiger partial charge is 0.342 e. The molecule has 1 aromatic carbocycles. The zero-order chi connectivity index (χ0) is 19.8. The minimum atomic E-state index is -0.238. The number of para-hydroxylation sites is 1. The van der Waals surface area contributed by atoms with Crippen molar-refractivity contribution in [2.75, 3.05) is 13.1 Å². The number of benzene rings is 1. The smallest absolute Gasteiger partial charge is 0.267 e. The Balaban J connectivity index is 1.51. The van der Waals surface area contributed by atoms with Crippen molar-refractivity contribution in [3.8, 4) is 0 Å². The Bertz CT molecular complexity index is 1100. The summed E-state index contributed by atoms with van der Waals surface area (Å²) in [6, 6.07) is 7.64. The van der Waals surface area contributed by atoms with Crippen molar-refractivity contribution < 1.29 is 4.79 Å². The number of rotatable bonds is 3. The Morgan fingerprint density at radius 3 is 2.86 bits per heavy atom. The van der Waals surface area contributed by atoms with E-state index in [0.29, 0.717) is 13.1 Å². The Kier molecular flexibility index (Phi) is 4.75. The molecule has 3 heterocycles. The molecule has 1 N–H and O–H groups in total. The third-order valence-electron chi connectivity index (χ3n) is 5.61. The topological polar surface area (TPSA) is 83.9 Å². The van der Waals surface area contributed by atoms with Crippen LogP contribution in [0.4, 0.5) is 0 Å². The van der Waals surface area contributed by atoms with Crippen LogP contribution in [0.3, 0.4) is 0 Å². The van der Waals surface area contributed by atoms with Gasteiger partial charge in [0.2, 0.25) is 5.91 Å². The van der Waals surface area contributed by atoms with Crippen molar-refractivity contribution in [2.45, 2.75) is 46.1 Å². The molecule has 2 aromatic heterocycles. The Morgan fingerprint density at radius 2 is 2.07 bits per heavy atom. The van der Waals surface area contributed by atoms with E-state index in [1.54, 1.807) is 0 Å². The maximum Gasteiger partial charge on any atom is 0.267 e. The molecular formula is C21H25N5O2. The number of aryl methyl sites for hydroxylation is 3. The lowest BCUT2D eigenvalue weighted by Gasteiger charge is -2.32. The molecule has 0 unspecified atom stereocenters. The Morgan fingerprint density at radius 1 is 1.25 bits per heavy atom. The minimum absolute atomic E-state index is 0.0219. The Labute approximate surface area is 163 Å². The first-order valence-corrected chi connectivity index (χ1v) is 9.71. The summed E-state index contributed by atoms with van der Waals surface area (Å²) in [4.78, 5) is 35.0. The van der Waals surface area contributed by atoms with E-state index in [9.17, 15) is 9.59 Å². The fourth-order valence-electron chi connectivity index (χ4n) is 3.83. The van der Waals surface area contributed by atoms with Crippen LogP contribution >= 0.6 is 0 Å². The number of likely N-dealkylation sites (tertiary alicyclic amines) is 1. The van der Waals surface area contributed by atoms with Crippen molar-refractivity contribution in [1.82, 2.24) is 24.6 Å². The predicted octanol–water partition coefficient (Wildman–Crippen LogP) is 2.45. The number of imidazole rings is 1. The molecule has 1 amide bonds. The molecule has 28 heavy (non-hydrogen) atoms. The number of amides is 1. The van der Waals surface area contributed by atoms with Gasteiger partial charge in [-0.15, -0.1) is 0 Å². The first-order valence-electron chi connectivity index (χ1n) is 9.71. The van der Waals surface area contributed by atoms with Gasteiger partial charge in [0.25, 0.3) is 5.56 Å². The number of nitrogens with one attached hydrogen (secondary N) is 1. The molecule has 0 saturated carbocycles. The van der Waals surface area contributed by atoms with Crippen molar-refractivity contribution >= 4 is 16.9 Å². The summed E-state index contributed by atoms with van der Waals surface area (Å²) in [6.45, 7) is 7.03. The molecule has 0 aliphatic carbocycles. The number of aromatic amines is 1. The zero-order valence-corrected chi connectivity index (χ0v) is 16.5. The first-order chi connectivity index (χ1) is 13.4. The number of carbonyl (C=O) groups is 1. The number of hydrogen-bond donors (Lipinski definition) is 1. The van der Waals surface area contributed by atoms with Crippen molar-refractivity contribution in [2.24, 2.45) is 0 Å². The highest BCUT2D eigenvalue weighted by Crippen LogP contribution is 2.27. The number of carbonyl (C=O) groups excluding carboxylic acids is 1. The third kappa shape index (κ3) is 3.44. The van der Waals surface area contributed by atoms with Crippen LogP contribution in [0.5, 0.6) is 0 Å². The molecule has 1 aliphatic rings. The van der Waals surface area contributed by atoms with Crippen LogP contribution in [0.15, 0.2) is 29.1 Å². The normalized spacial score (nSPS) is 17.2. The van der Waals surface area contributed by atoms with Gasteiger partial charge in [0.1, 0.15) is 12.4 Å². The highest BCUT2D eigenvalue weighted by atomic mass is 16.2. The third-order valence-corrected chi connectivity index (χ3v) is 5.61. The SMILES string of the molecule is Cc1cc(=O)n(CC(=O)N2CCC[C@H](c3nc4c(C)cccc4[nH]3)C2)nc1C. The lowest BCUT2D eigenvalue weighted by Crippen LogP contribution is -2.42. The van der Waals surface area contributed by atoms with Crippen LogP contribution in [0.25, 0.3) is 11.0 Å². The van der Waals surface area contributed by atoms with E-state index in [4.69, 9.17) is 4.98 Å². The lowest BCUT2D eigenvalue weighted by molar-refractivity contribution is -0.133. The van der Waals surface area contributed by atoms with Gasteiger partial charge in [-0.2, -0.15) is 5.10 Å². The molecule has 0 radical (unpaired) electrons. The van der Waals surface area contributed by atoms with Crippen molar-refractivity contribution in [1.29, 1.82) is 0 Å². The van der Waals surface area contributed by atoms with Gasteiger partial charge in [-0.05, 0) is 50.8 Å². The Hall–Kier alpha value is -2.96. The monoisotopic (exact) mass is 379 g/mol. The zero-order valence-electron chi connectivity index (χ0n) is 16.5.